The predicted molar refractivity (Wildman–Crippen MR) is 135 cm³/mol. The highest BCUT2D eigenvalue weighted by Crippen LogP contribution is 2.29. The number of tetrazole rings is 1. The van der Waals surface area contributed by atoms with Crippen LogP contribution < -0.4 is 5.32 Å². The maximum absolute atomic E-state index is 13.7. The number of thiophene rings is 1. The van der Waals surface area contributed by atoms with E-state index in [1.807, 2.05) is 48.7 Å². The fraction of sp³-hybridized carbons (Fsp3) is 0.346. The Hall–Kier alpha value is -3.79. The summed E-state index contributed by atoms with van der Waals surface area (Å²) in [6, 6.07) is 14.5. The summed E-state index contributed by atoms with van der Waals surface area (Å²) < 4.78 is 5.54. The number of aromatic nitrogens is 4. The van der Waals surface area contributed by atoms with Gasteiger partial charge in [-0.1, -0.05) is 48.7 Å². The van der Waals surface area contributed by atoms with Crippen molar-refractivity contribution >= 4 is 23.2 Å². The topological polar surface area (TPSA) is 106 Å². The van der Waals surface area contributed by atoms with E-state index in [1.165, 1.54) is 16.1 Å². The van der Waals surface area contributed by atoms with Crippen molar-refractivity contribution in [1.29, 1.82) is 0 Å². The lowest BCUT2D eigenvalue weighted by molar-refractivity contribution is -0.142. The molecule has 1 atom stereocenters. The summed E-state index contributed by atoms with van der Waals surface area (Å²) >= 11 is 1.45. The molecule has 0 aliphatic heterocycles. The van der Waals surface area contributed by atoms with Crippen LogP contribution in [0.1, 0.15) is 47.9 Å². The summed E-state index contributed by atoms with van der Waals surface area (Å²) in [6.07, 6.45) is 5.68. The minimum Gasteiger partial charge on any atom is -0.467 e. The van der Waals surface area contributed by atoms with Gasteiger partial charge in [0.1, 0.15) is 18.3 Å². The van der Waals surface area contributed by atoms with Crippen LogP contribution in [0.4, 0.5) is 0 Å². The van der Waals surface area contributed by atoms with Gasteiger partial charge in [-0.15, -0.1) is 21.5 Å². The standard InChI is InChI=1S/C26H28N6O3S/c1-18-10-12-19(13-11-18)25-28-30-32(29-25)17-23(33)31(16-21-8-4-14-35-21)24(22-9-5-15-36-22)26(34)27-20-6-2-3-7-20/h4-5,8-15,20,24H,2-3,6-7,16-17H2,1H3,(H,27,34)/t24-/m1/s1. The molecular formula is C26H28N6O3S. The zero-order chi connectivity index (χ0) is 24.9. The van der Waals surface area contributed by atoms with Gasteiger partial charge >= 0.3 is 0 Å². The third-order valence-electron chi connectivity index (χ3n) is 6.34. The molecule has 0 radical (unpaired) electrons. The molecule has 0 bridgehead atoms. The van der Waals surface area contributed by atoms with E-state index in [9.17, 15) is 9.59 Å². The lowest BCUT2D eigenvalue weighted by atomic mass is 10.1. The zero-order valence-corrected chi connectivity index (χ0v) is 20.9. The third kappa shape index (κ3) is 5.54. The van der Waals surface area contributed by atoms with Crippen molar-refractivity contribution in [2.45, 2.75) is 57.8 Å². The molecule has 2 amide bonds. The molecule has 36 heavy (non-hydrogen) atoms. The van der Waals surface area contributed by atoms with Gasteiger partial charge in [0.05, 0.1) is 12.8 Å². The third-order valence-corrected chi connectivity index (χ3v) is 7.26. The van der Waals surface area contributed by atoms with Crippen LogP contribution in [0.2, 0.25) is 0 Å². The average molecular weight is 505 g/mol. The predicted octanol–water partition coefficient (Wildman–Crippen LogP) is 4.13. The molecule has 1 N–H and O–H groups in total. The van der Waals surface area contributed by atoms with E-state index in [0.717, 1.165) is 41.7 Å². The first-order valence-electron chi connectivity index (χ1n) is 12.1. The fourth-order valence-electron chi connectivity index (χ4n) is 4.46. The van der Waals surface area contributed by atoms with Crippen LogP contribution in [-0.2, 0) is 22.7 Å². The molecule has 0 unspecified atom stereocenters. The summed E-state index contributed by atoms with van der Waals surface area (Å²) in [6.45, 7) is 2.00. The molecule has 3 heterocycles. The highest BCUT2D eigenvalue weighted by atomic mass is 32.1. The van der Waals surface area contributed by atoms with Crippen LogP contribution in [-0.4, -0.2) is 43.0 Å². The van der Waals surface area contributed by atoms with Gasteiger partial charge in [-0.05, 0) is 48.6 Å². The lowest BCUT2D eigenvalue weighted by Gasteiger charge is -2.30. The number of hydrogen-bond donors (Lipinski definition) is 1. The molecule has 0 saturated heterocycles. The Morgan fingerprint density at radius 1 is 1.17 bits per heavy atom. The summed E-state index contributed by atoms with van der Waals surface area (Å²) in [5.41, 5.74) is 1.95. The van der Waals surface area contributed by atoms with Crippen molar-refractivity contribution in [2.24, 2.45) is 0 Å². The number of carbonyl (C=O) groups excluding carboxylic acids is 2. The Morgan fingerprint density at radius 2 is 1.97 bits per heavy atom. The molecule has 1 fully saturated rings. The van der Waals surface area contributed by atoms with E-state index in [4.69, 9.17) is 4.42 Å². The number of hydrogen-bond acceptors (Lipinski definition) is 7. The Morgan fingerprint density at radius 3 is 2.67 bits per heavy atom. The van der Waals surface area contributed by atoms with E-state index in [1.54, 1.807) is 23.3 Å². The summed E-state index contributed by atoms with van der Waals surface area (Å²) in [5, 5.41) is 17.7. The Bertz CT molecular complexity index is 1280. The van der Waals surface area contributed by atoms with E-state index < -0.39 is 6.04 Å². The van der Waals surface area contributed by atoms with E-state index in [-0.39, 0.29) is 30.9 Å². The van der Waals surface area contributed by atoms with E-state index in [2.05, 4.69) is 20.7 Å². The minimum atomic E-state index is -0.789. The van der Waals surface area contributed by atoms with Crippen LogP contribution in [0, 0.1) is 6.92 Å². The van der Waals surface area contributed by atoms with Gasteiger partial charge < -0.3 is 14.6 Å². The van der Waals surface area contributed by atoms with Gasteiger partial charge in [-0.25, -0.2) is 0 Å². The molecule has 9 nitrogen and oxygen atoms in total. The normalized spacial score (nSPS) is 14.6. The van der Waals surface area contributed by atoms with Crippen molar-refractivity contribution in [3.63, 3.8) is 0 Å². The van der Waals surface area contributed by atoms with Crippen molar-refractivity contribution in [1.82, 2.24) is 30.4 Å². The number of aryl methyl sites for hydroxylation is 1. The Balaban J connectivity index is 1.41. The molecule has 1 saturated carbocycles. The monoisotopic (exact) mass is 504 g/mol. The summed E-state index contributed by atoms with van der Waals surface area (Å²) in [5.74, 6) is 0.537. The minimum absolute atomic E-state index is 0.134. The molecular weight excluding hydrogens is 476 g/mol. The molecule has 3 aromatic heterocycles. The number of nitrogens with zero attached hydrogens (tertiary/aromatic N) is 5. The van der Waals surface area contributed by atoms with Crippen molar-refractivity contribution in [3.05, 3.63) is 76.4 Å². The van der Waals surface area contributed by atoms with Crippen LogP contribution in [0.5, 0.6) is 0 Å². The highest BCUT2D eigenvalue weighted by Gasteiger charge is 2.34. The largest absolute Gasteiger partial charge is 0.467 e. The number of rotatable bonds is 9. The van der Waals surface area contributed by atoms with Gasteiger partial charge in [0.15, 0.2) is 0 Å². The first-order chi connectivity index (χ1) is 17.6. The molecule has 1 aliphatic carbocycles. The smallest absolute Gasteiger partial charge is 0.248 e. The number of furan rings is 1. The summed E-state index contributed by atoms with van der Waals surface area (Å²) in [7, 11) is 0. The van der Waals surface area contributed by atoms with Crippen LogP contribution in [0.25, 0.3) is 11.4 Å². The van der Waals surface area contributed by atoms with Crippen molar-refractivity contribution in [3.8, 4) is 11.4 Å². The van der Waals surface area contributed by atoms with E-state index in [0.29, 0.717) is 11.6 Å². The highest BCUT2D eigenvalue weighted by molar-refractivity contribution is 7.10. The number of benzene rings is 1. The average Bonchev–Trinajstić information content (AvgIpc) is 3.68. The van der Waals surface area contributed by atoms with Crippen molar-refractivity contribution in [2.75, 3.05) is 0 Å². The van der Waals surface area contributed by atoms with Crippen LogP contribution in [0.3, 0.4) is 0 Å². The maximum atomic E-state index is 13.7. The van der Waals surface area contributed by atoms with Gasteiger partial charge in [-0.2, -0.15) is 4.80 Å². The molecule has 0 spiro atoms. The molecule has 186 valence electrons. The molecule has 10 heteroatoms. The summed E-state index contributed by atoms with van der Waals surface area (Å²) in [4.78, 5) is 30.9. The van der Waals surface area contributed by atoms with E-state index >= 15 is 0 Å². The Labute approximate surface area is 213 Å². The first-order valence-corrected chi connectivity index (χ1v) is 13.0. The van der Waals surface area contributed by atoms with Crippen molar-refractivity contribution < 1.29 is 14.0 Å². The number of nitrogens with one attached hydrogen (secondary N) is 1. The second-order valence-electron chi connectivity index (χ2n) is 9.02. The lowest BCUT2D eigenvalue weighted by Crippen LogP contribution is -2.46. The number of carbonyl (C=O) groups is 2. The van der Waals surface area contributed by atoms with Gasteiger partial charge in [0.25, 0.3) is 0 Å². The van der Waals surface area contributed by atoms with Gasteiger partial charge in [0.2, 0.25) is 17.6 Å². The second kappa shape index (κ2) is 10.9. The quantitative estimate of drug-likeness (QED) is 0.367. The molecule has 1 aliphatic rings. The molecule has 5 rings (SSSR count). The second-order valence-corrected chi connectivity index (χ2v) is 10.00. The number of amides is 2. The van der Waals surface area contributed by atoms with Gasteiger partial charge in [0, 0.05) is 16.5 Å². The van der Waals surface area contributed by atoms with Crippen LogP contribution in [0.15, 0.2) is 64.6 Å². The van der Waals surface area contributed by atoms with Crippen LogP contribution >= 0.6 is 11.3 Å². The SMILES string of the molecule is Cc1ccc(-c2nnn(CC(=O)N(Cc3ccco3)[C@@H](C(=O)NC3CCCC3)c3cccs3)n2)cc1. The maximum Gasteiger partial charge on any atom is 0.248 e. The fourth-order valence-corrected chi connectivity index (χ4v) is 5.29. The Kier molecular flexibility index (Phi) is 7.22. The zero-order valence-electron chi connectivity index (χ0n) is 20.0. The van der Waals surface area contributed by atoms with Gasteiger partial charge in [-0.3, -0.25) is 9.59 Å². The molecule has 1 aromatic carbocycles. The first kappa shape index (κ1) is 23.9. The molecule has 4 aromatic rings.